The summed E-state index contributed by atoms with van der Waals surface area (Å²) in [4.78, 5) is 18.2. The van der Waals surface area contributed by atoms with Crippen LogP contribution < -0.4 is 0 Å². The summed E-state index contributed by atoms with van der Waals surface area (Å²) in [7, 11) is 1.32. The molecule has 0 aliphatic carbocycles. The minimum absolute atomic E-state index is 0.172. The molecular weight excluding hydrogens is 468 g/mol. The Bertz CT molecular complexity index is 1480. The van der Waals surface area contributed by atoms with E-state index in [1.165, 1.54) is 30.0 Å². The number of ether oxygens (including phenoxy) is 2. The van der Waals surface area contributed by atoms with Crippen LogP contribution in [0.5, 0.6) is 0 Å². The predicted molar refractivity (Wildman–Crippen MR) is 127 cm³/mol. The van der Waals surface area contributed by atoms with Crippen molar-refractivity contribution in [2.75, 3.05) is 26.8 Å². The van der Waals surface area contributed by atoms with E-state index in [-0.39, 0.29) is 29.9 Å². The van der Waals surface area contributed by atoms with Gasteiger partial charge in [0.05, 0.1) is 54.6 Å². The van der Waals surface area contributed by atoms with Gasteiger partial charge in [-0.1, -0.05) is 0 Å². The summed E-state index contributed by atoms with van der Waals surface area (Å²) < 4.78 is 45.0. The number of aryl methyl sites for hydroxylation is 1. The van der Waals surface area contributed by atoms with E-state index >= 15 is 8.78 Å². The second-order valence-corrected chi connectivity index (χ2v) is 8.66. The number of halogens is 2. The lowest BCUT2D eigenvalue weighted by molar-refractivity contribution is -0.0241. The molecule has 1 aliphatic rings. The van der Waals surface area contributed by atoms with Gasteiger partial charge in [0.2, 0.25) is 0 Å². The van der Waals surface area contributed by atoms with Crippen molar-refractivity contribution in [3.05, 3.63) is 77.4 Å². The molecule has 1 fully saturated rings. The van der Waals surface area contributed by atoms with Crippen LogP contribution in [0.1, 0.15) is 16.8 Å². The first-order valence-electron chi connectivity index (χ1n) is 11.4. The van der Waals surface area contributed by atoms with Crippen LogP contribution in [0.2, 0.25) is 0 Å². The molecule has 1 atom stereocenters. The molecule has 36 heavy (non-hydrogen) atoms. The number of pyridine rings is 1. The molecule has 1 unspecified atom stereocenters. The monoisotopic (exact) mass is 491 g/mol. The molecule has 4 heterocycles. The molecule has 3 aromatic heterocycles. The van der Waals surface area contributed by atoms with Crippen molar-refractivity contribution in [2.24, 2.45) is 0 Å². The Kier molecular flexibility index (Phi) is 6.16. The van der Waals surface area contributed by atoms with E-state index in [0.717, 1.165) is 5.56 Å². The van der Waals surface area contributed by atoms with Crippen LogP contribution in [0.15, 0.2) is 48.9 Å². The number of hydrogen-bond acceptors (Lipinski definition) is 5. The lowest BCUT2D eigenvalue weighted by Crippen LogP contribution is -2.46. The van der Waals surface area contributed by atoms with E-state index in [1.54, 1.807) is 21.6 Å². The number of carbonyl (C=O) groups is 1. The Morgan fingerprint density at radius 3 is 2.72 bits per heavy atom. The van der Waals surface area contributed by atoms with Crippen molar-refractivity contribution in [2.45, 2.75) is 19.4 Å². The number of aromatic nitrogens is 3. The van der Waals surface area contributed by atoms with E-state index in [0.29, 0.717) is 30.1 Å². The van der Waals surface area contributed by atoms with Crippen LogP contribution >= 0.6 is 0 Å². The molecule has 0 N–H and O–H groups in total. The molecule has 4 aromatic rings. The Morgan fingerprint density at radius 1 is 1.25 bits per heavy atom. The molecule has 0 bridgehead atoms. The minimum Gasteiger partial charge on any atom is -0.453 e. The van der Waals surface area contributed by atoms with Gasteiger partial charge in [-0.25, -0.2) is 18.6 Å². The van der Waals surface area contributed by atoms with Crippen molar-refractivity contribution in [1.29, 1.82) is 5.26 Å². The highest BCUT2D eigenvalue weighted by Crippen LogP contribution is 2.33. The first-order valence-corrected chi connectivity index (χ1v) is 11.4. The molecule has 184 valence electrons. The third-order valence-corrected chi connectivity index (χ3v) is 6.26. The zero-order valence-electron chi connectivity index (χ0n) is 19.7. The molecule has 1 amide bonds. The summed E-state index contributed by atoms with van der Waals surface area (Å²) in [6.07, 6.45) is 4.29. The molecule has 1 aromatic carbocycles. The largest absolute Gasteiger partial charge is 0.453 e. The van der Waals surface area contributed by atoms with Gasteiger partial charge in [0, 0.05) is 31.6 Å². The van der Waals surface area contributed by atoms with Gasteiger partial charge in [-0.3, -0.25) is 0 Å². The topological polar surface area (TPSA) is 84.8 Å². The lowest BCUT2D eigenvalue weighted by Gasteiger charge is -2.32. The maximum absolute atomic E-state index is 15.5. The molecule has 0 spiro atoms. The van der Waals surface area contributed by atoms with Gasteiger partial charge >= 0.3 is 6.09 Å². The van der Waals surface area contributed by atoms with Crippen molar-refractivity contribution < 1.29 is 23.0 Å². The first kappa shape index (κ1) is 23.5. The summed E-state index contributed by atoms with van der Waals surface area (Å²) in [5.41, 5.74) is 2.63. The number of methoxy groups -OCH3 is 1. The second kappa shape index (κ2) is 9.43. The van der Waals surface area contributed by atoms with Crippen molar-refractivity contribution in [3.8, 4) is 23.0 Å². The van der Waals surface area contributed by atoms with Crippen LogP contribution in [0, 0.1) is 29.9 Å². The molecule has 1 saturated heterocycles. The first-order chi connectivity index (χ1) is 17.4. The van der Waals surface area contributed by atoms with Gasteiger partial charge in [0.1, 0.15) is 23.4 Å². The predicted octanol–water partition coefficient (Wildman–Crippen LogP) is 4.26. The number of imidazole rings is 1. The Balaban J connectivity index is 1.58. The van der Waals surface area contributed by atoms with Crippen molar-refractivity contribution in [3.63, 3.8) is 0 Å². The Morgan fingerprint density at radius 2 is 2.03 bits per heavy atom. The summed E-state index contributed by atoms with van der Waals surface area (Å²) in [6, 6.07) is 9.72. The fourth-order valence-electron chi connectivity index (χ4n) is 4.50. The van der Waals surface area contributed by atoms with Crippen LogP contribution in [0.3, 0.4) is 0 Å². The second-order valence-electron chi connectivity index (χ2n) is 8.66. The van der Waals surface area contributed by atoms with E-state index < -0.39 is 23.8 Å². The number of hydrogen-bond donors (Lipinski definition) is 0. The number of rotatable bonds is 4. The maximum Gasteiger partial charge on any atom is 0.409 e. The maximum atomic E-state index is 15.5. The summed E-state index contributed by atoms with van der Waals surface area (Å²) >= 11 is 0. The molecule has 0 radical (unpaired) electrons. The average Bonchev–Trinajstić information content (AvgIpc) is 3.48. The average molecular weight is 491 g/mol. The molecule has 0 saturated carbocycles. The number of fused-ring (bicyclic) bond motifs is 1. The van der Waals surface area contributed by atoms with Crippen molar-refractivity contribution >= 4 is 11.7 Å². The van der Waals surface area contributed by atoms with Crippen molar-refractivity contribution in [1.82, 2.24) is 18.9 Å². The van der Waals surface area contributed by atoms with Gasteiger partial charge < -0.3 is 23.3 Å². The molecule has 1 aliphatic heterocycles. The highest BCUT2D eigenvalue weighted by Gasteiger charge is 2.29. The molecule has 10 heteroatoms. The van der Waals surface area contributed by atoms with E-state index in [1.807, 2.05) is 31.3 Å². The number of benzene rings is 1. The number of morpholine rings is 1. The number of nitriles is 1. The highest BCUT2D eigenvalue weighted by molar-refractivity contribution is 5.70. The van der Waals surface area contributed by atoms with Gasteiger partial charge in [-0.15, -0.1) is 0 Å². The van der Waals surface area contributed by atoms with Gasteiger partial charge in [0.15, 0.2) is 0 Å². The highest BCUT2D eigenvalue weighted by atomic mass is 19.1. The summed E-state index contributed by atoms with van der Waals surface area (Å²) in [6.45, 7) is 2.92. The van der Waals surface area contributed by atoms with Crippen LogP contribution in [-0.2, 0) is 15.9 Å². The zero-order chi connectivity index (χ0) is 25.4. The SMILES string of the molecule is COC(=O)N1CCOC(Cc2c(-c3c(F)cc(-n4ccc(C#N)c4)cc3F)nc3cc(C)ccn23)C1. The van der Waals surface area contributed by atoms with Crippen LogP contribution in [0.4, 0.5) is 13.6 Å². The van der Waals surface area contributed by atoms with Crippen LogP contribution in [0.25, 0.3) is 22.6 Å². The third-order valence-electron chi connectivity index (χ3n) is 6.26. The standard InChI is InChI=1S/C26H23F2N5O3/c1-16-3-6-33-22(12-19-15-32(7-8-36-19)26(34)35-2)25(30-23(33)9-16)24-20(27)10-18(11-21(24)28)31-5-4-17(13-29)14-31/h3-6,9-11,14,19H,7-8,12,15H2,1-2H3. The van der Waals surface area contributed by atoms with Gasteiger partial charge in [0.25, 0.3) is 0 Å². The van der Waals surface area contributed by atoms with Crippen LogP contribution in [-0.4, -0.2) is 57.9 Å². The Hall–Kier alpha value is -4.23. The fraction of sp³-hybridized carbons (Fsp3) is 0.269. The quantitative estimate of drug-likeness (QED) is 0.426. The summed E-state index contributed by atoms with van der Waals surface area (Å²) in [5.74, 6) is -1.56. The number of amides is 1. The van der Waals surface area contributed by atoms with E-state index in [9.17, 15) is 4.79 Å². The smallest absolute Gasteiger partial charge is 0.409 e. The van der Waals surface area contributed by atoms with Gasteiger partial charge in [-0.2, -0.15) is 5.26 Å². The zero-order valence-corrected chi connectivity index (χ0v) is 19.7. The van der Waals surface area contributed by atoms with E-state index in [2.05, 4.69) is 4.98 Å². The molecular formula is C26H23F2N5O3. The van der Waals surface area contributed by atoms with E-state index in [4.69, 9.17) is 14.7 Å². The fourth-order valence-corrected chi connectivity index (χ4v) is 4.50. The number of carbonyl (C=O) groups excluding carboxylic acids is 1. The van der Waals surface area contributed by atoms with Gasteiger partial charge in [-0.05, 0) is 42.8 Å². The Labute approximate surface area is 205 Å². The minimum atomic E-state index is -0.778. The molecule has 8 nitrogen and oxygen atoms in total. The third kappa shape index (κ3) is 4.29. The normalized spacial score (nSPS) is 15.8. The molecule has 5 rings (SSSR count). The lowest BCUT2D eigenvalue weighted by atomic mass is 10.0. The summed E-state index contributed by atoms with van der Waals surface area (Å²) in [5, 5.41) is 9.05. The number of nitrogens with zero attached hydrogens (tertiary/aromatic N) is 5.